The fourth-order valence-electron chi connectivity index (χ4n) is 8.73. The summed E-state index contributed by atoms with van der Waals surface area (Å²) in [6.45, 7) is 8.92. The zero-order chi connectivity index (χ0) is 33.5. The van der Waals surface area contributed by atoms with Crippen LogP contribution in [0.4, 0.5) is 5.69 Å². The van der Waals surface area contributed by atoms with Gasteiger partial charge in [-0.2, -0.15) is 0 Å². The topological polar surface area (TPSA) is 162 Å². The molecule has 4 aliphatic carbocycles. The predicted molar refractivity (Wildman–Crippen MR) is 174 cm³/mol. The van der Waals surface area contributed by atoms with Crippen LogP contribution in [-0.2, 0) is 30.5 Å². The van der Waals surface area contributed by atoms with Crippen LogP contribution in [0.25, 0.3) is 0 Å². The number of hydrogen-bond acceptors (Lipinski definition) is 8. The molecule has 47 heavy (non-hydrogen) atoms. The molecule has 13 nitrogen and oxygen atoms in total. The van der Waals surface area contributed by atoms with Crippen LogP contribution in [0.5, 0.6) is 0 Å². The highest BCUT2D eigenvalue weighted by Crippen LogP contribution is 2.53. The van der Waals surface area contributed by atoms with Gasteiger partial charge in [-0.15, -0.1) is 0 Å². The number of carbonyl (C=O) groups is 5. The van der Waals surface area contributed by atoms with Crippen LogP contribution in [0, 0.1) is 23.7 Å². The van der Waals surface area contributed by atoms with Gasteiger partial charge < -0.3 is 25.8 Å². The maximum absolute atomic E-state index is 13.6. The molecule has 0 spiro atoms. The molecule has 4 amide bonds. The van der Waals surface area contributed by atoms with E-state index in [-0.39, 0.29) is 42.9 Å². The van der Waals surface area contributed by atoms with Crippen molar-refractivity contribution < 1.29 is 24.0 Å². The van der Waals surface area contributed by atoms with Gasteiger partial charge in [0.05, 0.1) is 0 Å². The number of carbonyl (C=O) groups excluding carboxylic acids is 5. The van der Waals surface area contributed by atoms with Gasteiger partial charge in [0.1, 0.15) is 24.3 Å². The van der Waals surface area contributed by atoms with E-state index in [1.165, 1.54) is 48.9 Å². The van der Waals surface area contributed by atoms with Crippen molar-refractivity contribution in [2.75, 3.05) is 38.0 Å². The van der Waals surface area contributed by atoms with E-state index >= 15 is 0 Å². The monoisotopic (exact) mass is 651 g/mol. The highest BCUT2D eigenvalue weighted by atomic mass is 16.2. The summed E-state index contributed by atoms with van der Waals surface area (Å²) in [5.41, 5.74) is -1.19. The van der Waals surface area contributed by atoms with E-state index in [0.29, 0.717) is 18.4 Å². The number of ketones is 1. The Balaban J connectivity index is 1.11. The smallest absolute Gasteiger partial charge is 0.287 e. The second kappa shape index (κ2) is 13.5. The molecule has 256 valence electrons. The summed E-state index contributed by atoms with van der Waals surface area (Å²) in [5, 5.41) is 11.3. The van der Waals surface area contributed by atoms with Crippen molar-refractivity contribution in [2.45, 2.75) is 95.9 Å². The summed E-state index contributed by atoms with van der Waals surface area (Å²) in [6.07, 6.45) is 7.11. The molecule has 1 aromatic heterocycles. The summed E-state index contributed by atoms with van der Waals surface area (Å²) >= 11 is 0. The van der Waals surface area contributed by atoms with Gasteiger partial charge in [0.25, 0.3) is 11.5 Å². The third-order valence-electron chi connectivity index (χ3n) is 10.8. The first-order valence-electron chi connectivity index (χ1n) is 17.2. The maximum atomic E-state index is 13.6. The van der Waals surface area contributed by atoms with Crippen LogP contribution in [0.2, 0.25) is 0 Å². The Hall–Kier alpha value is -3.58. The van der Waals surface area contributed by atoms with Gasteiger partial charge in [-0.05, 0) is 95.1 Å². The fraction of sp³-hybridized carbons (Fsp3) is 0.706. The van der Waals surface area contributed by atoms with Crippen LogP contribution in [-0.4, -0.2) is 100 Å². The number of nitrogens with zero attached hydrogens (tertiary/aromatic N) is 3. The van der Waals surface area contributed by atoms with Crippen molar-refractivity contribution in [2.24, 2.45) is 23.7 Å². The van der Waals surface area contributed by atoms with E-state index in [0.717, 1.165) is 38.0 Å². The van der Waals surface area contributed by atoms with E-state index in [4.69, 9.17) is 0 Å². The maximum Gasteiger partial charge on any atom is 0.287 e. The fourth-order valence-corrected chi connectivity index (χ4v) is 8.73. The third kappa shape index (κ3) is 7.77. The molecule has 4 N–H and O–H groups in total. The Labute approximate surface area is 275 Å². The van der Waals surface area contributed by atoms with Crippen LogP contribution in [0.1, 0.15) is 65.7 Å². The molecule has 6 bridgehead atoms. The van der Waals surface area contributed by atoms with E-state index in [9.17, 15) is 28.8 Å². The lowest BCUT2D eigenvalue weighted by Gasteiger charge is -2.54. The molecule has 3 aliphatic heterocycles. The average Bonchev–Trinajstić information content (AvgIpc) is 3.02. The molecule has 1 aromatic rings. The SMILES string of the molecule is CC(C)(C)NC(=O)C(=O)CC[C@H](NC(=O)[C@@H]1CN2CCN1CC2)C(=O)Nc1cccn(CC(=O)NC2C3CC4CC(C3)CC2C4)c1=O. The van der Waals surface area contributed by atoms with Crippen LogP contribution in [0.3, 0.4) is 0 Å². The Morgan fingerprint density at radius 1 is 0.936 bits per heavy atom. The van der Waals surface area contributed by atoms with Crippen LogP contribution >= 0.6 is 0 Å². The van der Waals surface area contributed by atoms with Gasteiger partial charge in [0.15, 0.2) is 0 Å². The van der Waals surface area contributed by atoms with E-state index in [1.807, 2.05) is 0 Å². The van der Waals surface area contributed by atoms with Gasteiger partial charge >= 0.3 is 0 Å². The average molecular weight is 652 g/mol. The summed E-state index contributed by atoms with van der Waals surface area (Å²) in [4.78, 5) is 82.9. The standard InChI is InChI=1S/C34H49N7O6/c1-34(2,3)38-32(46)27(42)7-6-24(35-31(45)26-18-39-9-11-40(26)12-10-39)30(44)36-25-5-4-8-41(33(25)47)19-28(43)37-29-22-14-20-13-21(16-22)17-23(29)15-20/h4-5,8,20-24,26,29H,6-7,9-19H2,1-3H3,(H,35,45)(H,36,44)(H,37,43)(H,38,46)/t20?,21?,22?,23?,24-,26-,29?/m0/s1. The molecular formula is C34H49N7O6. The minimum Gasteiger partial charge on any atom is -0.351 e. The third-order valence-corrected chi connectivity index (χ3v) is 10.8. The molecule has 2 atom stereocenters. The number of nitrogens with one attached hydrogen (secondary N) is 4. The number of aromatic nitrogens is 1. The van der Waals surface area contributed by atoms with Crippen molar-refractivity contribution >= 4 is 35.1 Å². The molecular weight excluding hydrogens is 602 g/mol. The lowest BCUT2D eigenvalue weighted by molar-refractivity contribution is -0.139. The van der Waals surface area contributed by atoms with E-state index in [2.05, 4.69) is 31.1 Å². The lowest BCUT2D eigenvalue weighted by Crippen LogP contribution is -2.66. The first-order chi connectivity index (χ1) is 22.3. The minimum absolute atomic E-state index is 0.0393. The highest BCUT2D eigenvalue weighted by Gasteiger charge is 2.48. The van der Waals surface area contributed by atoms with E-state index in [1.54, 1.807) is 26.8 Å². The number of hydrogen-bond donors (Lipinski definition) is 4. The molecule has 8 rings (SSSR count). The summed E-state index contributed by atoms with van der Waals surface area (Å²) in [5.74, 6) is -0.113. The number of anilines is 1. The van der Waals surface area contributed by atoms with Crippen molar-refractivity contribution in [1.82, 2.24) is 30.3 Å². The lowest BCUT2D eigenvalue weighted by atomic mass is 9.54. The summed E-state index contributed by atoms with van der Waals surface area (Å²) in [7, 11) is 0. The Morgan fingerprint density at radius 2 is 1.60 bits per heavy atom. The van der Waals surface area contributed by atoms with Gasteiger partial charge in [0.2, 0.25) is 23.5 Å². The Morgan fingerprint density at radius 3 is 2.19 bits per heavy atom. The molecule has 3 saturated heterocycles. The minimum atomic E-state index is -1.17. The van der Waals surface area contributed by atoms with Gasteiger partial charge in [0, 0.05) is 56.9 Å². The van der Waals surface area contributed by atoms with Gasteiger partial charge in [-0.3, -0.25) is 38.6 Å². The molecule has 7 fully saturated rings. The van der Waals surface area contributed by atoms with Crippen molar-refractivity contribution in [3.63, 3.8) is 0 Å². The summed E-state index contributed by atoms with van der Waals surface area (Å²) < 4.78 is 1.27. The van der Waals surface area contributed by atoms with Crippen molar-refractivity contribution in [1.29, 1.82) is 0 Å². The molecule has 0 unspecified atom stereocenters. The quantitative estimate of drug-likeness (QED) is 0.251. The molecule has 0 aromatic carbocycles. The second-order valence-corrected chi connectivity index (χ2v) is 15.4. The molecule has 4 saturated carbocycles. The molecule has 7 aliphatic rings. The predicted octanol–water partition coefficient (Wildman–Crippen LogP) is 0.476. The Bertz CT molecular complexity index is 1430. The Kier molecular flexibility index (Phi) is 9.57. The zero-order valence-corrected chi connectivity index (χ0v) is 27.8. The van der Waals surface area contributed by atoms with Crippen LogP contribution in [0.15, 0.2) is 23.1 Å². The number of fused-ring (bicyclic) bond motifs is 3. The second-order valence-electron chi connectivity index (χ2n) is 15.4. The largest absolute Gasteiger partial charge is 0.351 e. The summed E-state index contributed by atoms with van der Waals surface area (Å²) in [6, 6.07) is 1.58. The number of rotatable bonds is 11. The molecule has 4 heterocycles. The first-order valence-corrected chi connectivity index (χ1v) is 17.2. The van der Waals surface area contributed by atoms with Gasteiger partial charge in [-0.1, -0.05) is 0 Å². The van der Waals surface area contributed by atoms with Crippen molar-refractivity contribution in [3.8, 4) is 0 Å². The molecule has 13 heteroatoms. The molecule has 0 radical (unpaired) electrons. The number of Topliss-reactive ketones (excluding diaryl/α,β-unsaturated/α-hetero) is 1. The normalized spacial score (nSPS) is 31.1. The van der Waals surface area contributed by atoms with Crippen LogP contribution < -0.4 is 26.8 Å². The number of amides is 4. The van der Waals surface area contributed by atoms with E-state index < -0.39 is 40.8 Å². The number of piperazine rings is 3. The first kappa shape index (κ1) is 33.3. The van der Waals surface area contributed by atoms with Gasteiger partial charge in [-0.25, -0.2) is 0 Å². The van der Waals surface area contributed by atoms with Crippen molar-refractivity contribution in [3.05, 3.63) is 28.7 Å². The number of pyridine rings is 1. The zero-order valence-electron chi connectivity index (χ0n) is 27.8. The highest BCUT2D eigenvalue weighted by molar-refractivity contribution is 6.36.